The molecule has 0 saturated heterocycles. The van der Waals surface area contributed by atoms with Crippen LogP contribution < -0.4 is 5.73 Å². The minimum Gasteiger partial charge on any atom is -0.507 e. The molecule has 0 saturated carbocycles. The van der Waals surface area contributed by atoms with Gasteiger partial charge in [0.05, 0.1) is 0 Å². The first kappa shape index (κ1) is 10.9. The maximum atomic E-state index is 10.5. The fourth-order valence-corrected chi connectivity index (χ4v) is 1.53. The number of rotatable bonds is 1. The zero-order valence-electron chi connectivity index (χ0n) is 8.66. The van der Waals surface area contributed by atoms with Crippen LogP contribution in [-0.4, -0.2) is 16.2 Å². The highest BCUT2D eigenvalue weighted by Gasteiger charge is 2.10. The number of carbonyl (C=O) groups excluding carboxylic acids is 1. The number of nitrogens with two attached hydrogens (primary N) is 1. The summed E-state index contributed by atoms with van der Waals surface area (Å²) < 4.78 is 0. The van der Waals surface area contributed by atoms with Crippen molar-refractivity contribution in [2.45, 2.75) is 0 Å². The number of carbonyl (C=O) groups is 1. The smallest absolute Gasteiger partial charge is 0.356 e. The number of fused-ring (bicyclic) bond motifs is 1. The lowest BCUT2D eigenvalue weighted by molar-refractivity contribution is 0.255. The number of azo groups is 1. The van der Waals surface area contributed by atoms with Crippen LogP contribution in [0.5, 0.6) is 11.5 Å². The Labute approximate surface area is 96.0 Å². The van der Waals surface area contributed by atoms with Crippen LogP contribution in [0.1, 0.15) is 0 Å². The molecule has 0 aromatic heterocycles. The van der Waals surface area contributed by atoms with Gasteiger partial charge in [0, 0.05) is 16.8 Å². The summed E-state index contributed by atoms with van der Waals surface area (Å²) in [6.45, 7) is 0. The van der Waals surface area contributed by atoms with Gasteiger partial charge < -0.3 is 15.9 Å². The Kier molecular flexibility index (Phi) is 2.61. The van der Waals surface area contributed by atoms with Crippen LogP contribution in [0.2, 0.25) is 0 Å². The lowest BCUT2D eigenvalue weighted by atomic mass is 10.1. The van der Waals surface area contributed by atoms with Crippen LogP contribution in [0.25, 0.3) is 10.8 Å². The third-order valence-corrected chi connectivity index (χ3v) is 2.22. The molecule has 0 bridgehead atoms. The topological polar surface area (TPSA) is 108 Å². The Bertz CT molecular complexity index is 623. The van der Waals surface area contributed by atoms with Crippen molar-refractivity contribution in [3.8, 4) is 11.5 Å². The Morgan fingerprint density at radius 2 is 1.76 bits per heavy atom. The highest BCUT2D eigenvalue weighted by Crippen LogP contribution is 2.40. The minimum atomic E-state index is -0.957. The number of aromatic hydroxyl groups is 2. The number of hydrogen-bond acceptors (Lipinski definition) is 4. The summed E-state index contributed by atoms with van der Waals surface area (Å²) in [5, 5.41) is 27.0. The first-order valence-electron chi connectivity index (χ1n) is 4.74. The largest absolute Gasteiger partial charge is 0.507 e. The zero-order chi connectivity index (χ0) is 12.4. The Balaban J connectivity index is 2.73. The Hall–Kier alpha value is -2.63. The lowest BCUT2D eigenvalue weighted by Crippen LogP contribution is -2.01. The van der Waals surface area contributed by atoms with Crippen LogP contribution in [0.3, 0.4) is 0 Å². The molecule has 0 aliphatic rings. The van der Waals surface area contributed by atoms with Gasteiger partial charge in [0.2, 0.25) is 0 Å². The highest BCUT2D eigenvalue weighted by molar-refractivity contribution is 5.99. The molecular weight excluding hydrogens is 222 g/mol. The molecule has 0 aliphatic heterocycles. The SMILES string of the molecule is NC(=O)N=Nc1c(O)cc(O)c2ccccc12. The second-order valence-electron chi connectivity index (χ2n) is 3.35. The van der Waals surface area contributed by atoms with Crippen molar-refractivity contribution in [2.24, 2.45) is 16.0 Å². The molecule has 4 N–H and O–H groups in total. The summed E-state index contributed by atoms with van der Waals surface area (Å²) in [5.74, 6) is -0.345. The fraction of sp³-hybridized carbons (Fsp3) is 0. The van der Waals surface area contributed by atoms with Gasteiger partial charge in [-0.3, -0.25) is 0 Å². The van der Waals surface area contributed by atoms with Gasteiger partial charge in [-0.05, 0) is 0 Å². The van der Waals surface area contributed by atoms with Crippen molar-refractivity contribution < 1.29 is 15.0 Å². The molecule has 0 aliphatic carbocycles. The minimum absolute atomic E-state index is 0.0730. The molecule has 2 rings (SSSR count). The van der Waals surface area contributed by atoms with Crippen LogP contribution in [0.15, 0.2) is 40.6 Å². The maximum absolute atomic E-state index is 10.5. The molecular formula is C11H9N3O3. The average molecular weight is 231 g/mol. The lowest BCUT2D eigenvalue weighted by Gasteiger charge is -2.05. The van der Waals surface area contributed by atoms with Crippen molar-refractivity contribution in [3.63, 3.8) is 0 Å². The van der Waals surface area contributed by atoms with Gasteiger partial charge in [-0.2, -0.15) is 0 Å². The summed E-state index contributed by atoms with van der Waals surface area (Å²) in [6, 6.07) is 6.93. The standard InChI is InChI=1S/C11H9N3O3/c12-11(17)14-13-10-7-4-2-1-3-6(7)8(15)5-9(10)16/h1-5,15-16H,(H2,12,17). The van der Waals surface area contributed by atoms with Crippen LogP contribution in [0, 0.1) is 0 Å². The van der Waals surface area contributed by atoms with Crippen molar-refractivity contribution >= 4 is 22.5 Å². The molecule has 6 heteroatoms. The van der Waals surface area contributed by atoms with Gasteiger partial charge in [0.25, 0.3) is 0 Å². The monoisotopic (exact) mass is 231 g/mol. The van der Waals surface area contributed by atoms with Gasteiger partial charge in [0.15, 0.2) is 0 Å². The summed E-state index contributed by atoms with van der Waals surface area (Å²) in [5.41, 5.74) is 4.93. The van der Waals surface area contributed by atoms with E-state index < -0.39 is 6.03 Å². The number of hydrogen-bond donors (Lipinski definition) is 3. The van der Waals surface area contributed by atoms with Gasteiger partial charge >= 0.3 is 6.03 Å². The van der Waals surface area contributed by atoms with E-state index in [2.05, 4.69) is 10.2 Å². The molecule has 0 atom stereocenters. The average Bonchev–Trinajstić information content (AvgIpc) is 2.28. The fourth-order valence-electron chi connectivity index (χ4n) is 1.53. The Morgan fingerprint density at radius 3 is 2.41 bits per heavy atom. The van der Waals surface area contributed by atoms with Crippen LogP contribution in [0.4, 0.5) is 10.5 Å². The van der Waals surface area contributed by atoms with E-state index in [1.165, 1.54) is 0 Å². The normalized spacial score (nSPS) is 11.1. The number of nitrogens with zero attached hydrogens (tertiary/aromatic N) is 2. The molecule has 0 radical (unpaired) electrons. The quantitative estimate of drug-likeness (QED) is 0.655. The molecule has 2 amide bonds. The molecule has 17 heavy (non-hydrogen) atoms. The zero-order valence-corrected chi connectivity index (χ0v) is 8.66. The van der Waals surface area contributed by atoms with E-state index in [1.807, 2.05) is 0 Å². The summed E-state index contributed by atoms with van der Waals surface area (Å²) in [6.07, 6.45) is 0. The van der Waals surface area contributed by atoms with Crippen LogP contribution in [-0.2, 0) is 0 Å². The van der Waals surface area contributed by atoms with E-state index in [-0.39, 0.29) is 17.2 Å². The molecule has 0 fully saturated rings. The van der Waals surface area contributed by atoms with Gasteiger partial charge in [0.1, 0.15) is 17.2 Å². The van der Waals surface area contributed by atoms with Crippen molar-refractivity contribution in [1.82, 2.24) is 0 Å². The molecule has 6 nitrogen and oxygen atoms in total. The first-order valence-corrected chi connectivity index (χ1v) is 4.74. The first-order chi connectivity index (χ1) is 8.09. The number of primary amides is 1. The second kappa shape index (κ2) is 4.09. The van der Waals surface area contributed by atoms with Gasteiger partial charge in [-0.25, -0.2) is 4.79 Å². The molecule has 0 spiro atoms. The predicted octanol–water partition coefficient (Wildman–Crippen LogP) is 2.41. The molecule has 86 valence electrons. The maximum Gasteiger partial charge on any atom is 0.356 e. The summed E-state index contributed by atoms with van der Waals surface area (Å²) >= 11 is 0. The Morgan fingerprint density at radius 1 is 1.12 bits per heavy atom. The number of phenols is 2. The summed E-state index contributed by atoms with van der Waals surface area (Å²) in [4.78, 5) is 10.5. The number of benzene rings is 2. The van der Waals surface area contributed by atoms with Gasteiger partial charge in [-0.15, -0.1) is 5.11 Å². The van der Waals surface area contributed by atoms with Crippen LogP contribution >= 0.6 is 0 Å². The van der Waals surface area contributed by atoms with Crippen molar-refractivity contribution in [1.29, 1.82) is 0 Å². The van der Waals surface area contributed by atoms with E-state index in [9.17, 15) is 15.0 Å². The predicted molar refractivity (Wildman–Crippen MR) is 61.4 cm³/mol. The molecule has 0 unspecified atom stereocenters. The number of amides is 2. The van der Waals surface area contributed by atoms with Crippen molar-refractivity contribution in [2.75, 3.05) is 0 Å². The van der Waals surface area contributed by atoms with E-state index in [1.54, 1.807) is 24.3 Å². The molecule has 2 aromatic rings. The third kappa shape index (κ3) is 2.00. The third-order valence-electron chi connectivity index (χ3n) is 2.22. The van der Waals surface area contributed by atoms with E-state index in [0.29, 0.717) is 10.8 Å². The van der Waals surface area contributed by atoms with E-state index in [0.717, 1.165) is 6.07 Å². The van der Waals surface area contributed by atoms with E-state index in [4.69, 9.17) is 5.73 Å². The summed E-state index contributed by atoms with van der Waals surface area (Å²) in [7, 11) is 0. The van der Waals surface area contributed by atoms with Crippen molar-refractivity contribution in [3.05, 3.63) is 30.3 Å². The molecule has 0 heterocycles. The number of urea groups is 1. The van der Waals surface area contributed by atoms with E-state index >= 15 is 0 Å². The van der Waals surface area contributed by atoms with Gasteiger partial charge in [-0.1, -0.05) is 29.4 Å². The highest BCUT2D eigenvalue weighted by atomic mass is 16.3. The number of phenolic OH excluding ortho intramolecular Hbond substituents is 2. The second-order valence-corrected chi connectivity index (χ2v) is 3.35. The molecule has 2 aromatic carbocycles.